The molecule has 1 N–H and O–H groups in total. The van der Waals surface area contributed by atoms with Crippen LogP contribution < -0.4 is 10.2 Å². The average Bonchev–Trinajstić information content (AvgIpc) is 2.74. The van der Waals surface area contributed by atoms with Crippen molar-refractivity contribution in [2.24, 2.45) is 0 Å². The number of rotatable bonds is 3. The number of hydrogen-bond acceptors (Lipinski definition) is 3. The Balaban J connectivity index is 1.56. The number of fused-ring (bicyclic) bond motifs is 1. The van der Waals surface area contributed by atoms with Crippen LogP contribution in [0.15, 0.2) is 66.9 Å². The van der Waals surface area contributed by atoms with Gasteiger partial charge in [-0.05, 0) is 55.7 Å². The summed E-state index contributed by atoms with van der Waals surface area (Å²) in [6.07, 6.45) is 3.38. The Morgan fingerprint density at radius 3 is 2.64 bits per heavy atom. The number of benzene rings is 2. The fourth-order valence-corrected chi connectivity index (χ4v) is 3.41. The molecule has 28 heavy (non-hydrogen) atoms. The molecule has 0 fully saturated rings. The van der Waals surface area contributed by atoms with E-state index in [2.05, 4.69) is 10.3 Å². The van der Waals surface area contributed by atoms with Crippen LogP contribution in [0.1, 0.15) is 38.4 Å². The monoisotopic (exact) mass is 371 g/mol. The zero-order valence-corrected chi connectivity index (χ0v) is 15.7. The van der Waals surface area contributed by atoms with Crippen LogP contribution in [0.25, 0.3) is 0 Å². The van der Waals surface area contributed by atoms with Gasteiger partial charge in [-0.3, -0.25) is 14.6 Å². The van der Waals surface area contributed by atoms with Crippen molar-refractivity contribution < 1.29 is 9.59 Å². The summed E-state index contributed by atoms with van der Waals surface area (Å²) in [4.78, 5) is 31.6. The number of anilines is 2. The van der Waals surface area contributed by atoms with Gasteiger partial charge in [-0.2, -0.15) is 0 Å². The molecule has 0 saturated heterocycles. The first-order valence-corrected chi connectivity index (χ1v) is 9.36. The van der Waals surface area contributed by atoms with Crippen molar-refractivity contribution in [3.63, 3.8) is 0 Å². The SMILES string of the molecule is Cc1ccc(NC(=O)c2ccnc(C(=O)N3CCCc4ccccc43)c2)cc1. The molecule has 2 amide bonds. The molecule has 1 aromatic heterocycles. The third kappa shape index (κ3) is 3.64. The molecule has 4 rings (SSSR count). The molecule has 5 nitrogen and oxygen atoms in total. The van der Waals surface area contributed by atoms with Crippen LogP contribution in [0.2, 0.25) is 0 Å². The number of nitrogens with zero attached hydrogens (tertiary/aromatic N) is 2. The van der Waals surface area contributed by atoms with E-state index in [-0.39, 0.29) is 17.5 Å². The van der Waals surface area contributed by atoms with Crippen molar-refractivity contribution in [1.29, 1.82) is 0 Å². The smallest absolute Gasteiger partial charge is 0.276 e. The minimum absolute atomic E-state index is 0.183. The number of amides is 2. The van der Waals surface area contributed by atoms with E-state index in [1.807, 2.05) is 55.5 Å². The van der Waals surface area contributed by atoms with Crippen LogP contribution in [0, 0.1) is 6.92 Å². The molecular weight excluding hydrogens is 350 g/mol. The minimum atomic E-state index is -0.264. The van der Waals surface area contributed by atoms with Crippen LogP contribution >= 0.6 is 0 Å². The number of para-hydroxylation sites is 1. The van der Waals surface area contributed by atoms with Gasteiger partial charge in [-0.15, -0.1) is 0 Å². The van der Waals surface area contributed by atoms with Crippen LogP contribution in [-0.4, -0.2) is 23.3 Å². The summed E-state index contributed by atoms with van der Waals surface area (Å²) in [7, 11) is 0. The molecule has 0 unspecified atom stereocenters. The Morgan fingerprint density at radius 2 is 1.82 bits per heavy atom. The standard InChI is InChI=1S/C23H21N3O2/c1-16-8-10-19(11-9-16)25-22(27)18-12-13-24-20(15-18)23(28)26-14-4-6-17-5-2-3-7-21(17)26/h2-3,5,7-13,15H,4,6,14H2,1H3,(H,25,27). The molecule has 5 heteroatoms. The highest BCUT2D eigenvalue weighted by Gasteiger charge is 2.24. The van der Waals surface area contributed by atoms with E-state index in [1.165, 1.54) is 6.20 Å². The first-order chi connectivity index (χ1) is 13.6. The van der Waals surface area contributed by atoms with Gasteiger partial charge in [0.1, 0.15) is 5.69 Å². The average molecular weight is 371 g/mol. The van der Waals surface area contributed by atoms with E-state index in [9.17, 15) is 9.59 Å². The summed E-state index contributed by atoms with van der Waals surface area (Å²) in [5, 5.41) is 2.86. The zero-order valence-electron chi connectivity index (χ0n) is 15.7. The number of aryl methyl sites for hydroxylation is 2. The molecule has 0 radical (unpaired) electrons. The number of pyridine rings is 1. The van der Waals surface area contributed by atoms with Gasteiger partial charge in [-0.25, -0.2) is 0 Å². The fourth-order valence-electron chi connectivity index (χ4n) is 3.41. The summed E-state index contributed by atoms with van der Waals surface area (Å²) in [6.45, 7) is 2.64. The van der Waals surface area contributed by atoms with Gasteiger partial charge >= 0.3 is 0 Å². The molecular formula is C23H21N3O2. The molecule has 1 aliphatic heterocycles. The lowest BCUT2D eigenvalue weighted by Crippen LogP contribution is -2.36. The molecule has 2 aromatic carbocycles. The van der Waals surface area contributed by atoms with Crippen LogP contribution in [0.3, 0.4) is 0 Å². The van der Waals surface area contributed by atoms with Gasteiger partial charge in [0.05, 0.1) is 0 Å². The lowest BCUT2D eigenvalue weighted by Gasteiger charge is -2.29. The molecule has 2 heterocycles. The quantitative estimate of drug-likeness (QED) is 0.749. The Morgan fingerprint density at radius 1 is 1.04 bits per heavy atom. The van der Waals surface area contributed by atoms with Gasteiger partial charge in [0.2, 0.25) is 0 Å². The molecule has 0 bridgehead atoms. The second-order valence-electron chi connectivity index (χ2n) is 6.94. The second kappa shape index (κ2) is 7.64. The number of carbonyl (C=O) groups excluding carboxylic acids is 2. The maximum atomic E-state index is 13.1. The molecule has 3 aromatic rings. The van der Waals surface area contributed by atoms with Crippen molar-refractivity contribution >= 4 is 23.2 Å². The molecule has 0 spiro atoms. The predicted octanol–water partition coefficient (Wildman–Crippen LogP) is 4.24. The van der Waals surface area contributed by atoms with E-state index >= 15 is 0 Å². The predicted molar refractivity (Wildman–Crippen MR) is 110 cm³/mol. The zero-order chi connectivity index (χ0) is 19.5. The van der Waals surface area contributed by atoms with Crippen LogP contribution in [-0.2, 0) is 6.42 Å². The molecule has 140 valence electrons. The Kier molecular flexibility index (Phi) is 4.89. The van der Waals surface area contributed by atoms with Gasteiger partial charge < -0.3 is 10.2 Å². The maximum Gasteiger partial charge on any atom is 0.276 e. The van der Waals surface area contributed by atoms with Crippen molar-refractivity contribution in [1.82, 2.24) is 4.98 Å². The van der Waals surface area contributed by atoms with E-state index in [0.717, 1.165) is 29.7 Å². The van der Waals surface area contributed by atoms with E-state index in [1.54, 1.807) is 17.0 Å². The molecule has 0 atom stereocenters. The Labute approximate surface area is 164 Å². The van der Waals surface area contributed by atoms with Crippen molar-refractivity contribution in [2.75, 3.05) is 16.8 Å². The normalized spacial score (nSPS) is 13.0. The number of aromatic nitrogens is 1. The largest absolute Gasteiger partial charge is 0.322 e. The molecule has 0 saturated carbocycles. The molecule has 0 aliphatic carbocycles. The number of nitrogens with one attached hydrogen (secondary N) is 1. The van der Waals surface area contributed by atoms with E-state index in [4.69, 9.17) is 0 Å². The van der Waals surface area contributed by atoms with Crippen LogP contribution in [0.5, 0.6) is 0 Å². The lowest BCUT2D eigenvalue weighted by atomic mass is 10.0. The first-order valence-electron chi connectivity index (χ1n) is 9.36. The Bertz CT molecular complexity index is 1030. The summed E-state index contributed by atoms with van der Waals surface area (Å²) in [5.74, 6) is -0.448. The lowest BCUT2D eigenvalue weighted by molar-refractivity contribution is 0.0980. The number of carbonyl (C=O) groups is 2. The first kappa shape index (κ1) is 17.9. The highest BCUT2D eigenvalue weighted by atomic mass is 16.2. The third-order valence-corrected chi connectivity index (χ3v) is 4.91. The Hall–Kier alpha value is -3.47. The second-order valence-corrected chi connectivity index (χ2v) is 6.94. The number of hydrogen-bond donors (Lipinski definition) is 1. The highest BCUT2D eigenvalue weighted by molar-refractivity contribution is 6.09. The van der Waals surface area contributed by atoms with Crippen molar-refractivity contribution in [3.05, 3.63) is 89.2 Å². The van der Waals surface area contributed by atoms with Gasteiger partial charge in [0, 0.05) is 29.7 Å². The van der Waals surface area contributed by atoms with E-state index in [0.29, 0.717) is 17.8 Å². The van der Waals surface area contributed by atoms with Crippen molar-refractivity contribution in [2.45, 2.75) is 19.8 Å². The topological polar surface area (TPSA) is 62.3 Å². The third-order valence-electron chi connectivity index (χ3n) is 4.91. The summed E-state index contributed by atoms with van der Waals surface area (Å²) >= 11 is 0. The summed E-state index contributed by atoms with van der Waals surface area (Å²) in [6, 6.07) is 18.7. The van der Waals surface area contributed by atoms with Gasteiger partial charge in [0.15, 0.2) is 0 Å². The maximum absolute atomic E-state index is 13.1. The van der Waals surface area contributed by atoms with E-state index < -0.39 is 0 Å². The summed E-state index contributed by atoms with van der Waals surface area (Å²) in [5.41, 5.74) is 4.60. The van der Waals surface area contributed by atoms with Crippen LogP contribution in [0.4, 0.5) is 11.4 Å². The highest BCUT2D eigenvalue weighted by Crippen LogP contribution is 2.27. The molecule has 1 aliphatic rings. The van der Waals surface area contributed by atoms with Gasteiger partial charge in [0.25, 0.3) is 11.8 Å². The minimum Gasteiger partial charge on any atom is -0.322 e. The van der Waals surface area contributed by atoms with Crippen molar-refractivity contribution in [3.8, 4) is 0 Å². The van der Waals surface area contributed by atoms with Gasteiger partial charge in [-0.1, -0.05) is 35.9 Å². The fraction of sp³-hybridized carbons (Fsp3) is 0.174. The summed E-state index contributed by atoms with van der Waals surface area (Å²) < 4.78 is 0.